The second-order valence-corrected chi connectivity index (χ2v) is 2.75. The lowest BCUT2D eigenvalue weighted by Gasteiger charge is -1.90. The van der Waals surface area contributed by atoms with Gasteiger partial charge in [-0.25, -0.2) is 4.79 Å². The number of nitrogens with zero attached hydrogens (tertiary/aromatic N) is 1. The second-order valence-electron chi connectivity index (χ2n) is 2.32. The van der Waals surface area contributed by atoms with Crippen molar-refractivity contribution in [1.29, 1.82) is 0 Å². The second kappa shape index (κ2) is 2.38. The Labute approximate surface area is 77.4 Å². The van der Waals surface area contributed by atoms with E-state index in [1.54, 1.807) is 0 Å². The molecule has 1 aromatic carbocycles. The van der Waals surface area contributed by atoms with Crippen molar-refractivity contribution in [1.82, 2.24) is 4.57 Å². The minimum atomic E-state index is -2.56. The summed E-state index contributed by atoms with van der Waals surface area (Å²) in [5.74, 6) is -0.910. The Morgan fingerprint density at radius 2 is 2.50 bits per heavy atom. The van der Waals surface area contributed by atoms with Crippen LogP contribution in [0.5, 0.6) is 0 Å². The molecule has 0 amide bonds. The number of halogens is 1. The number of aromatic nitrogens is 1. The van der Waals surface area contributed by atoms with Crippen molar-refractivity contribution in [3.63, 3.8) is 0 Å². The van der Waals surface area contributed by atoms with E-state index in [0.717, 1.165) is 0 Å². The van der Waals surface area contributed by atoms with Crippen LogP contribution in [0.4, 0.5) is 0 Å². The first kappa shape index (κ1) is 4.72. The molecule has 0 radical (unpaired) electrons. The smallest absolute Gasteiger partial charge is 0.408 e. The first-order valence-corrected chi connectivity index (χ1v) is 3.59. The van der Waals surface area contributed by atoms with Crippen LogP contribution in [-0.4, -0.2) is 4.57 Å². The van der Waals surface area contributed by atoms with E-state index in [1.807, 2.05) is 0 Å². The zero-order chi connectivity index (χ0) is 11.2. The molecule has 1 aromatic heterocycles. The Morgan fingerprint density at radius 3 is 3.25 bits per heavy atom. The van der Waals surface area contributed by atoms with Gasteiger partial charge in [0.15, 0.2) is 5.58 Å². The number of fused-ring (bicyclic) bond motifs is 1. The molecule has 0 aliphatic heterocycles. The first-order chi connectivity index (χ1) is 6.89. The number of rotatable bonds is 0. The largest absolute Gasteiger partial charge is 0.419 e. The summed E-state index contributed by atoms with van der Waals surface area (Å²) >= 11 is 5.71. The van der Waals surface area contributed by atoms with Crippen molar-refractivity contribution in [2.45, 2.75) is 0 Å². The SMILES string of the molecule is [2H]C([2H])([2H])n1c(=O)oc2ccc(Cl)cc21. The molecule has 0 saturated heterocycles. The van der Waals surface area contributed by atoms with Crippen LogP contribution in [0.2, 0.25) is 5.02 Å². The lowest BCUT2D eigenvalue weighted by molar-refractivity contribution is 0.528. The summed E-state index contributed by atoms with van der Waals surface area (Å²) in [5.41, 5.74) is 0.382. The van der Waals surface area contributed by atoms with E-state index in [4.69, 9.17) is 20.1 Å². The predicted molar refractivity (Wildman–Crippen MR) is 46.5 cm³/mol. The molecule has 4 heteroatoms. The van der Waals surface area contributed by atoms with Crippen molar-refractivity contribution >= 4 is 22.7 Å². The third-order valence-electron chi connectivity index (χ3n) is 1.54. The summed E-state index contributed by atoms with van der Waals surface area (Å²) in [7, 11) is 0. The third kappa shape index (κ3) is 0.940. The number of aryl methyl sites for hydroxylation is 1. The Kier molecular flexibility index (Phi) is 0.938. The van der Waals surface area contributed by atoms with Gasteiger partial charge in [-0.15, -0.1) is 0 Å². The molecule has 0 spiro atoms. The molecule has 0 fully saturated rings. The maximum absolute atomic E-state index is 11.3. The highest BCUT2D eigenvalue weighted by Gasteiger charge is 2.04. The fraction of sp³-hybridized carbons (Fsp3) is 0.125. The van der Waals surface area contributed by atoms with Crippen molar-refractivity contribution in [3.05, 3.63) is 33.8 Å². The molecule has 0 N–H and O–H groups in total. The monoisotopic (exact) mass is 186 g/mol. The molecule has 62 valence electrons. The quantitative estimate of drug-likeness (QED) is 0.629. The molecule has 2 aromatic rings. The Hall–Kier alpha value is -1.22. The highest BCUT2D eigenvalue weighted by Crippen LogP contribution is 2.17. The molecular weight excluding hydrogens is 178 g/mol. The maximum atomic E-state index is 11.3. The van der Waals surface area contributed by atoms with E-state index in [2.05, 4.69) is 0 Å². The van der Waals surface area contributed by atoms with Crippen molar-refractivity contribution in [3.8, 4) is 0 Å². The molecule has 0 unspecified atom stereocenters. The van der Waals surface area contributed by atoms with Crippen LogP contribution in [0.15, 0.2) is 27.4 Å². The molecule has 0 saturated carbocycles. The Morgan fingerprint density at radius 1 is 1.67 bits per heavy atom. The third-order valence-corrected chi connectivity index (χ3v) is 1.78. The van der Waals surface area contributed by atoms with E-state index in [0.29, 0.717) is 9.59 Å². The Bertz CT molecular complexity index is 569. The zero-order valence-corrected chi connectivity index (χ0v) is 6.63. The summed E-state index contributed by atoms with van der Waals surface area (Å²) < 4.78 is 26.9. The first-order valence-electron chi connectivity index (χ1n) is 4.71. The van der Waals surface area contributed by atoms with Gasteiger partial charge in [-0.1, -0.05) is 11.6 Å². The average Bonchev–Trinajstić information content (AvgIpc) is 2.38. The van der Waals surface area contributed by atoms with Gasteiger partial charge in [0.25, 0.3) is 0 Å². The summed E-state index contributed by atoms with van der Waals surface area (Å²) in [6.45, 7) is -2.56. The fourth-order valence-electron chi connectivity index (χ4n) is 0.990. The molecule has 0 bridgehead atoms. The van der Waals surface area contributed by atoms with Gasteiger partial charge >= 0.3 is 5.76 Å². The zero-order valence-electron chi connectivity index (χ0n) is 8.87. The molecule has 2 rings (SSSR count). The van der Waals surface area contributed by atoms with Gasteiger partial charge in [-0.3, -0.25) is 4.57 Å². The van der Waals surface area contributed by atoms with Gasteiger partial charge in [0.2, 0.25) is 0 Å². The summed E-state index contributed by atoms with van der Waals surface area (Å²) in [5, 5.41) is 0.348. The van der Waals surface area contributed by atoms with Gasteiger partial charge in [0.1, 0.15) is 0 Å². The average molecular weight is 187 g/mol. The lowest BCUT2D eigenvalue weighted by atomic mass is 10.3. The number of hydrogen-bond acceptors (Lipinski definition) is 2. The standard InChI is InChI=1S/C8H6ClNO2/c1-10-6-4-5(9)2-3-7(6)12-8(10)11/h2-4H,1H3/i1D3. The van der Waals surface area contributed by atoms with Crippen LogP contribution in [0.3, 0.4) is 0 Å². The van der Waals surface area contributed by atoms with Crippen molar-refractivity contribution in [2.75, 3.05) is 0 Å². The van der Waals surface area contributed by atoms with Gasteiger partial charge in [-0.05, 0) is 18.2 Å². The summed E-state index contributed by atoms with van der Waals surface area (Å²) in [6.07, 6.45) is 0. The van der Waals surface area contributed by atoms with Crippen molar-refractivity contribution < 1.29 is 8.53 Å². The van der Waals surface area contributed by atoms with Gasteiger partial charge in [0, 0.05) is 16.1 Å². The molecule has 0 aliphatic carbocycles. The van der Waals surface area contributed by atoms with Gasteiger partial charge in [0.05, 0.1) is 5.52 Å². The van der Waals surface area contributed by atoms with Crippen LogP contribution >= 0.6 is 11.6 Å². The topological polar surface area (TPSA) is 35.1 Å². The highest BCUT2D eigenvalue weighted by atomic mass is 35.5. The van der Waals surface area contributed by atoms with E-state index < -0.39 is 12.7 Å². The van der Waals surface area contributed by atoms with Crippen molar-refractivity contribution in [2.24, 2.45) is 6.98 Å². The van der Waals surface area contributed by atoms with Crippen LogP contribution in [0.1, 0.15) is 4.11 Å². The molecular formula is C8H6ClNO2. The van der Waals surface area contributed by atoms with Gasteiger partial charge in [-0.2, -0.15) is 0 Å². The van der Waals surface area contributed by atoms with Crippen LogP contribution in [0, 0.1) is 0 Å². The molecule has 1 heterocycles. The van der Waals surface area contributed by atoms with Crippen LogP contribution < -0.4 is 5.76 Å². The minimum absolute atomic E-state index is 0.174. The predicted octanol–water partition coefficient (Wildman–Crippen LogP) is 1.78. The summed E-state index contributed by atoms with van der Waals surface area (Å²) in [4.78, 5) is 11.3. The van der Waals surface area contributed by atoms with E-state index in [9.17, 15) is 4.79 Å². The number of hydrogen-bond donors (Lipinski definition) is 0. The fourth-order valence-corrected chi connectivity index (χ4v) is 1.16. The van der Waals surface area contributed by atoms with E-state index >= 15 is 0 Å². The molecule has 0 atom stereocenters. The summed E-state index contributed by atoms with van der Waals surface area (Å²) in [6, 6.07) is 4.37. The van der Waals surface area contributed by atoms with E-state index in [-0.39, 0.29) is 11.1 Å². The molecule has 0 aliphatic rings. The lowest BCUT2D eigenvalue weighted by Crippen LogP contribution is -2.08. The Balaban J connectivity index is 2.89. The van der Waals surface area contributed by atoms with Crippen LogP contribution in [-0.2, 0) is 6.98 Å². The molecule has 3 nitrogen and oxygen atoms in total. The van der Waals surface area contributed by atoms with Crippen LogP contribution in [0.25, 0.3) is 11.1 Å². The normalized spacial score (nSPS) is 15.6. The maximum Gasteiger partial charge on any atom is 0.419 e. The van der Waals surface area contributed by atoms with Gasteiger partial charge < -0.3 is 4.42 Å². The minimum Gasteiger partial charge on any atom is -0.408 e. The molecule has 12 heavy (non-hydrogen) atoms. The van der Waals surface area contributed by atoms with E-state index in [1.165, 1.54) is 18.2 Å². The number of benzene rings is 1. The highest BCUT2D eigenvalue weighted by molar-refractivity contribution is 6.31. The number of oxazole rings is 1.